The second kappa shape index (κ2) is 12.1. The molecule has 1 saturated heterocycles. The van der Waals surface area contributed by atoms with Gasteiger partial charge in [0.2, 0.25) is 5.91 Å². The summed E-state index contributed by atoms with van der Waals surface area (Å²) < 4.78 is 15.3. The standard InChI is InChI=1S/C34H33N3O4/c1-23(39)35-19-28-6-2-3-7-30(28)25-14-16-27(17-15-25)34-40-29(20-37-22-36-31-8-4-5-9-32(31)37)18-33(41-34)26-12-10-24(21-38)11-13-26/h2-17,22,29,33-34,38H,18-21H2,1H3,(H,35,39). The van der Waals surface area contributed by atoms with Gasteiger partial charge in [-0.05, 0) is 39.9 Å². The van der Waals surface area contributed by atoms with E-state index in [1.807, 2.05) is 67.0 Å². The van der Waals surface area contributed by atoms with E-state index in [2.05, 4.69) is 51.3 Å². The Bertz CT molecular complexity index is 1630. The summed E-state index contributed by atoms with van der Waals surface area (Å²) in [5, 5.41) is 12.4. The fourth-order valence-corrected chi connectivity index (χ4v) is 5.40. The first-order valence-corrected chi connectivity index (χ1v) is 13.9. The average molecular weight is 548 g/mol. The highest BCUT2D eigenvalue weighted by Crippen LogP contribution is 2.39. The Hall–Kier alpha value is -4.30. The lowest BCUT2D eigenvalue weighted by Gasteiger charge is -2.36. The van der Waals surface area contributed by atoms with Crippen molar-refractivity contribution in [3.05, 3.63) is 126 Å². The van der Waals surface area contributed by atoms with Crippen LogP contribution in [0.1, 0.15) is 48.0 Å². The molecule has 1 aromatic heterocycles. The first-order valence-electron chi connectivity index (χ1n) is 13.9. The molecule has 0 saturated carbocycles. The monoisotopic (exact) mass is 547 g/mol. The molecule has 0 bridgehead atoms. The van der Waals surface area contributed by atoms with Crippen LogP contribution in [-0.4, -0.2) is 26.7 Å². The summed E-state index contributed by atoms with van der Waals surface area (Å²) in [6, 6.07) is 32.4. The van der Waals surface area contributed by atoms with Gasteiger partial charge in [0, 0.05) is 25.5 Å². The van der Waals surface area contributed by atoms with E-state index in [1.165, 1.54) is 6.92 Å². The maximum Gasteiger partial charge on any atom is 0.217 e. The average Bonchev–Trinajstić information content (AvgIpc) is 3.42. The summed E-state index contributed by atoms with van der Waals surface area (Å²) in [5.41, 5.74) is 8.08. The molecule has 208 valence electrons. The topological polar surface area (TPSA) is 85.6 Å². The Labute approximate surface area is 239 Å². The number of nitrogens with zero attached hydrogens (tertiary/aromatic N) is 2. The molecule has 6 rings (SSSR count). The van der Waals surface area contributed by atoms with E-state index in [-0.39, 0.29) is 24.7 Å². The van der Waals surface area contributed by atoms with E-state index < -0.39 is 6.29 Å². The van der Waals surface area contributed by atoms with Crippen LogP contribution < -0.4 is 5.32 Å². The third kappa shape index (κ3) is 6.07. The number of carbonyl (C=O) groups is 1. The Morgan fingerprint density at radius 3 is 2.44 bits per heavy atom. The molecule has 1 aliphatic heterocycles. The molecule has 1 aliphatic rings. The van der Waals surface area contributed by atoms with E-state index in [0.29, 0.717) is 19.5 Å². The number of imidazole rings is 1. The second-order valence-corrected chi connectivity index (χ2v) is 10.4. The van der Waals surface area contributed by atoms with Crippen LogP contribution in [0.2, 0.25) is 0 Å². The molecule has 4 aromatic carbocycles. The van der Waals surface area contributed by atoms with Crippen molar-refractivity contribution in [1.29, 1.82) is 0 Å². The van der Waals surface area contributed by atoms with Crippen molar-refractivity contribution >= 4 is 16.9 Å². The maximum atomic E-state index is 11.5. The molecular formula is C34H33N3O4. The number of hydrogen-bond acceptors (Lipinski definition) is 5. The summed E-state index contributed by atoms with van der Waals surface area (Å²) in [6.07, 6.45) is 1.74. The maximum absolute atomic E-state index is 11.5. The number of para-hydroxylation sites is 2. The van der Waals surface area contributed by atoms with Crippen LogP contribution in [-0.2, 0) is 34.0 Å². The normalized spacial score (nSPS) is 18.8. The third-order valence-corrected chi connectivity index (χ3v) is 7.58. The van der Waals surface area contributed by atoms with Gasteiger partial charge in [-0.15, -0.1) is 0 Å². The highest BCUT2D eigenvalue weighted by molar-refractivity contribution is 5.75. The van der Waals surface area contributed by atoms with Crippen molar-refractivity contribution in [2.75, 3.05) is 0 Å². The predicted octanol–water partition coefficient (Wildman–Crippen LogP) is 6.08. The molecule has 0 aliphatic carbocycles. The number of benzene rings is 4. The van der Waals surface area contributed by atoms with Crippen LogP contribution in [0.3, 0.4) is 0 Å². The highest BCUT2D eigenvalue weighted by Gasteiger charge is 2.32. The minimum atomic E-state index is -0.547. The van der Waals surface area contributed by atoms with Crippen molar-refractivity contribution in [2.24, 2.45) is 0 Å². The van der Waals surface area contributed by atoms with Gasteiger partial charge in [-0.1, -0.05) is 84.9 Å². The lowest BCUT2D eigenvalue weighted by atomic mass is 9.97. The number of aliphatic hydroxyl groups excluding tert-OH is 1. The molecule has 7 nitrogen and oxygen atoms in total. The van der Waals surface area contributed by atoms with Crippen molar-refractivity contribution in [3.8, 4) is 11.1 Å². The molecule has 0 spiro atoms. The van der Waals surface area contributed by atoms with Gasteiger partial charge in [0.1, 0.15) is 0 Å². The SMILES string of the molecule is CC(=O)NCc1ccccc1-c1ccc(C2OC(Cn3cnc4ccccc43)CC(c3ccc(CO)cc3)O2)cc1. The van der Waals surface area contributed by atoms with Gasteiger partial charge in [0.25, 0.3) is 0 Å². The lowest BCUT2D eigenvalue weighted by Crippen LogP contribution is -2.32. The number of aliphatic hydroxyl groups is 1. The molecular weight excluding hydrogens is 514 g/mol. The van der Waals surface area contributed by atoms with Crippen LogP contribution in [0.4, 0.5) is 0 Å². The molecule has 1 fully saturated rings. The molecule has 5 aromatic rings. The van der Waals surface area contributed by atoms with Gasteiger partial charge < -0.3 is 24.5 Å². The number of rotatable bonds is 8. The number of carbonyl (C=O) groups excluding carboxylic acids is 1. The van der Waals surface area contributed by atoms with Crippen molar-refractivity contribution in [3.63, 3.8) is 0 Å². The van der Waals surface area contributed by atoms with Gasteiger partial charge in [0.05, 0.1) is 42.7 Å². The van der Waals surface area contributed by atoms with Gasteiger partial charge in [-0.3, -0.25) is 4.79 Å². The second-order valence-electron chi connectivity index (χ2n) is 10.4. The summed E-state index contributed by atoms with van der Waals surface area (Å²) >= 11 is 0. The van der Waals surface area contributed by atoms with Crippen LogP contribution >= 0.6 is 0 Å². The first-order chi connectivity index (χ1) is 20.1. The Balaban J connectivity index is 1.27. The van der Waals surface area contributed by atoms with Crippen molar-refractivity contribution in [2.45, 2.75) is 51.5 Å². The zero-order valence-electron chi connectivity index (χ0n) is 22.9. The number of hydrogen-bond donors (Lipinski definition) is 2. The first kappa shape index (κ1) is 26.9. The van der Waals surface area contributed by atoms with E-state index >= 15 is 0 Å². The summed E-state index contributed by atoms with van der Waals surface area (Å²) in [5.74, 6) is -0.0550. The molecule has 7 heteroatoms. The zero-order chi connectivity index (χ0) is 28.2. The summed E-state index contributed by atoms with van der Waals surface area (Å²) in [7, 11) is 0. The number of nitrogens with one attached hydrogen (secondary N) is 1. The number of aromatic nitrogens is 2. The number of fused-ring (bicyclic) bond motifs is 1. The van der Waals surface area contributed by atoms with Gasteiger partial charge >= 0.3 is 0 Å². The lowest BCUT2D eigenvalue weighted by molar-refractivity contribution is -0.252. The van der Waals surface area contributed by atoms with Crippen molar-refractivity contribution < 1.29 is 19.4 Å². The van der Waals surface area contributed by atoms with E-state index in [9.17, 15) is 9.90 Å². The van der Waals surface area contributed by atoms with Gasteiger partial charge in [-0.25, -0.2) is 4.98 Å². The fraction of sp³-hybridized carbons (Fsp3) is 0.235. The molecule has 3 atom stereocenters. The van der Waals surface area contributed by atoms with Crippen LogP contribution in [0.15, 0.2) is 103 Å². The van der Waals surface area contributed by atoms with E-state index in [4.69, 9.17) is 9.47 Å². The smallest absolute Gasteiger partial charge is 0.217 e. The predicted molar refractivity (Wildman–Crippen MR) is 158 cm³/mol. The van der Waals surface area contributed by atoms with Crippen LogP contribution in [0.5, 0.6) is 0 Å². The van der Waals surface area contributed by atoms with Crippen LogP contribution in [0.25, 0.3) is 22.2 Å². The number of amides is 1. The molecule has 0 radical (unpaired) electrons. The summed E-state index contributed by atoms with van der Waals surface area (Å²) in [4.78, 5) is 16.0. The largest absolute Gasteiger partial charge is 0.392 e. The van der Waals surface area contributed by atoms with Gasteiger partial charge in [0.15, 0.2) is 6.29 Å². The minimum Gasteiger partial charge on any atom is -0.392 e. The fourth-order valence-electron chi connectivity index (χ4n) is 5.40. The Kier molecular flexibility index (Phi) is 7.91. The molecule has 1 amide bonds. The highest BCUT2D eigenvalue weighted by atomic mass is 16.7. The third-order valence-electron chi connectivity index (χ3n) is 7.58. The molecule has 3 unspecified atom stereocenters. The number of ether oxygens (including phenoxy) is 2. The zero-order valence-corrected chi connectivity index (χ0v) is 22.9. The molecule has 41 heavy (non-hydrogen) atoms. The van der Waals surface area contributed by atoms with Crippen molar-refractivity contribution in [1.82, 2.24) is 14.9 Å². The Morgan fingerprint density at radius 2 is 1.66 bits per heavy atom. The van der Waals surface area contributed by atoms with E-state index in [1.54, 1.807) is 0 Å². The van der Waals surface area contributed by atoms with E-state index in [0.717, 1.165) is 44.4 Å². The summed E-state index contributed by atoms with van der Waals surface area (Å²) in [6.45, 7) is 2.66. The Morgan fingerprint density at radius 1 is 0.927 bits per heavy atom. The molecule has 2 N–H and O–H groups in total. The molecule has 2 heterocycles. The van der Waals surface area contributed by atoms with Gasteiger partial charge in [-0.2, -0.15) is 0 Å². The minimum absolute atomic E-state index is 0.00810. The quantitative estimate of drug-likeness (QED) is 0.246. The van der Waals surface area contributed by atoms with Crippen LogP contribution in [0, 0.1) is 0 Å².